The number of hydrogen-bond acceptors (Lipinski definition) is 3. The van der Waals surface area contributed by atoms with Crippen LogP contribution in [-0.2, 0) is 5.60 Å². The molecule has 0 aliphatic heterocycles. The van der Waals surface area contributed by atoms with Gasteiger partial charge in [0.1, 0.15) is 11.4 Å². The summed E-state index contributed by atoms with van der Waals surface area (Å²) in [7, 11) is 0. The van der Waals surface area contributed by atoms with Crippen LogP contribution >= 0.6 is 0 Å². The molecule has 0 radical (unpaired) electrons. The molecule has 0 bridgehead atoms. The topological polar surface area (TPSA) is 55.5 Å². The van der Waals surface area contributed by atoms with Gasteiger partial charge in [-0.05, 0) is 36.0 Å². The fourth-order valence-corrected chi connectivity index (χ4v) is 2.04. The highest BCUT2D eigenvalue weighted by atomic mass is 16.5. The zero-order chi connectivity index (χ0) is 13.4. The molecule has 1 fully saturated rings. The highest BCUT2D eigenvalue weighted by Gasteiger charge is 2.40. The summed E-state index contributed by atoms with van der Waals surface area (Å²) in [5.41, 5.74) is 5.31. The summed E-state index contributed by atoms with van der Waals surface area (Å²) in [6.45, 7) is 6.19. The van der Waals surface area contributed by atoms with Gasteiger partial charge in [0, 0.05) is 6.54 Å². The molecule has 0 spiro atoms. The van der Waals surface area contributed by atoms with Gasteiger partial charge in [0.05, 0.1) is 6.10 Å². The SMILES string of the molecule is CC(C)(C)C(O)(CN)c1ccc(OC2CC2)cc1. The molecule has 0 amide bonds. The number of rotatable bonds is 4. The molecule has 1 aromatic carbocycles. The van der Waals surface area contributed by atoms with Crippen LogP contribution in [0.2, 0.25) is 0 Å². The lowest BCUT2D eigenvalue weighted by Gasteiger charge is -2.40. The molecule has 1 atom stereocenters. The van der Waals surface area contributed by atoms with E-state index in [0.29, 0.717) is 6.10 Å². The largest absolute Gasteiger partial charge is 0.490 e. The highest BCUT2D eigenvalue weighted by molar-refractivity contribution is 5.32. The molecular formula is C15H23NO2. The van der Waals surface area contributed by atoms with Crippen LogP contribution in [0.15, 0.2) is 24.3 Å². The first-order chi connectivity index (χ1) is 8.37. The van der Waals surface area contributed by atoms with Crippen molar-refractivity contribution in [3.8, 4) is 5.75 Å². The Labute approximate surface area is 109 Å². The van der Waals surface area contributed by atoms with E-state index in [9.17, 15) is 5.11 Å². The number of nitrogens with two attached hydrogens (primary N) is 1. The van der Waals surface area contributed by atoms with E-state index in [1.54, 1.807) is 0 Å². The minimum absolute atomic E-state index is 0.208. The lowest BCUT2D eigenvalue weighted by atomic mass is 9.72. The second kappa shape index (κ2) is 4.56. The molecule has 0 saturated heterocycles. The Balaban J connectivity index is 2.20. The average Bonchev–Trinajstić information content (AvgIpc) is 3.11. The lowest BCUT2D eigenvalue weighted by molar-refractivity contribution is -0.0557. The predicted molar refractivity (Wildman–Crippen MR) is 72.5 cm³/mol. The van der Waals surface area contributed by atoms with Gasteiger partial charge in [-0.15, -0.1) is 0 Å². The summed E-state index contributed by atoms with van der Waals surface area (Å²) in [6, 6.07) is 7.66. The van der Waals surface area contributed by atoms with Crippen LogP contribution in [0, 0.1) is 5.41 Å². The second-order valence-electron chi connectivity index (χ2n) is 6.16. The summed E-state index contributed by atoms with van der Waals surface area (Å²) < 4.78 is 5.70. The van der Waals surface area contributed by atoms with Crippen molar-refractivity contribution in [1.29, 1.82) is 0 Å². The molecule has 0 aromatic heterocycles. The zero-order valence-corrected chi connectivity index (χ0v) is 11.4. The van der Waals surface area contributed by atoms with Crippen LogP contribution in [0.4, 0.5) is 0 Å². The molecule has 1 aromatic rings. The number of hydrogen-bond donors (Lipinski definition) is 2. The Morgan fingerprint density at radius 2 is 1.78 bits per heavy atom. The molecule has 1 unspecified atom stereocenters. The van der Waals surface area contributed by atoms with Gasteiger partial charge in [0.2, 0.25) is 0 Å². The minimum Gasteiger partial charge on any atom is -0.490 e. The summed E-state index contributed by atoms with van der Waals surface area (Å²) in [6.07, 6.45) is 2.69. The average molecular weight is 249 g/mol. The van der Waals surface area contributed by atoms with Gasteiger partial charge in [-0.1, -0.05) is 32.9 Å². The Kier molecular flexibility index (Phi) is 3.39. The van der Waals surface area contributed by atoms with E-state index in [1.807, 2.05) is 45.0 Å². The Hall–Kier alpha value is -1.06. The van der Waals surface area contributed by atoms with Crippen LogP contribution in [0.3, 0.4) is 0 Å². The summed E-state index contributed by atoms with van der Waals surface area (Å²) in [5.74, 6) is 0.870. The summed E-state index contributed by atoms with van der Waals surface area (Å²) in [5, 5.41) is 10.7. The van der Waals surface area contributed by atoms with Gasteiger partial charge in [0.15, 0.2) is 0 Å². The van der Waals surface area contributed by atoms with Crippen molar-refractivity contribution < 1.29 is 9.84 Å². The third-order valence-electron chi connectivity index (χ3n) is 3.70. The van der Waals surface area contributed by atoms with Crippen LogP contribution in [0.25, 0.3) is 0 Å². The summed E-state index contributed by atoms with van der Waals surface area (Å²) >= 11 is 0. The zero-order valence-electron chi connectivity index (χ0n) is 11.4. The van der Waals surface area contributed by atoms with Crippen molar-refractivity contribution in [2.24, 2.45) is 11.1 Å². The Bertz CT molecular complexity index is 403. The van der Waals surface area contributed by atoms with Crippen LogP contribution in [-0.4, -0.2) is 17.8 Å². The molecule has 1 aliphatic rings. The molecule has 100 valence electrons. The van der Waals surface area contributed by atoms with Gasteiger partial charge >= 0.3 is 0 Å². The smallest absolute Gasteiger partial charge is 0.119 e. The fraction of sp³-hybridized carbons (Fsp3) is 0.600. The quantitative estimate of drug-likeness (QED) is 0.861. The van der Waals surface area contributed by atoms with Crippen molar-refractivity contribution in [3.63, 3.8) is 0 Å². The molecule has 0 heterocycles. The van der Waals surface area contributed by atoms with Crippen molar-refractivity contribution in [3.05, 3.63) is 29.8 Å². The van der Waals surface area contributed by atoms with Crippen molar-refractivity contribution in [1.82, 2.24) is 0 Å². The number of aliphatic hydroxyl groups is 1. The lowest BCUT2D eigenvalue weighted by Crippen LogP contribution is -2.46. The maximum atomic E-state index is 10.7. The predicted octanol–water partition coefficient (Wildman–Crippen LogP) is 2.42. The maximum Gasteiger partial charge on any atom is 0.119 e. The number of benzene rings is 1. The highest BCUT2D eigenvalue weighted by Crippen LogP contribution is 2.39. The molecule has 3 heteroatoms. The van der Waals surface area contributed by atoms with Gasteiger partial charge in [-0.25, -0.2) is 0 Å². The number of ether oxygens (including phenoxy) is 1. The summed E-state index contributed by atoms with van der Waals surface area (Å²) in [4.78, 5) is 0. The van der Waals surface area contributed by atoms with Crippen LogP contribution < -0.4 is 10.5 Å². The van der Waals surface area contributed by atoms with Gasteiger partial charge < -0.3 is 15.6 Å². The van der Waals surface area contributed by atoms with E-state index < -0.39 is 5.60 Å². The van der Waals surface area contributed by atoms with Gasteiger partial charge in [-0.3, -0.25) is 0 Å². The Morgan fingerprint density at radius 3 is 2.17 bits per heavy atom. The van der Waals surface area contributed by atoms with Gasteiger partial charge in [0.25, 0.3) is 0 Å². The molecule has 1 aliphatic carbocycles. The first kappa shape index (κ1) is 13.4. The third kappa shape index (κ3) is 2.52. The van der Waals surface area contributed by atoms with Crippen molar-refractivity contribution in [2.75, 3.05) is 6.54 Å². The minimum atomic E-state index is -1.01. The van der Waals surface area contributed by atoms with E-state index >= 15 is 0 Å². The van der Waals surface area contributed by atoms with Crippen molar-refractivity contribution in [2.45, 2.75) is 45.3 Å². The van der Waals surface area contributed by atoms with Gasteiger partial charge in [-0.2, -0.15) is 0 Å². The maximum absolute atomic E-state index is 10.7. The molecule has 18 heavy (non-hydrogen) atoms. The van der Waals surface area contributed by atoms with E-state index in [1.165, 1.54) is 0 Å². The second-order valence-corrected chi connectivity index (χ2v) is 6.16. The molecule has 2 rings (SSSR count). The Morgan fingerprint density at radius 1 is 1.22 bits per heavy atom. The molecule has 1 saturated carbocycles. The molecule has 3 nitrogen and oxygen atoms in total. The first-order valence-electron chi connectivity index (χ1n) is 6.56. The molecular weight excluding hydrogens is 226 g/mol. The monoisotopic (exact) mass is 249 g/mol. The van der Waals surface area contributed by atoms with E-state index in [0.717, 1.165) is 24.2 Å². The normalized spacial score (nSPS) is 19.4. The van der Waals surface area contributed by atoms with Crippen LogP contribution in [0.5, 0.6) is 5.75 Å². The standard InChI is InChI=1S/C15H23NO2/c1-14(2,3)15(17,10-16)11-4-6-12(7-5-11)18-13-8-9-13/h4-7,13,17H,8-10,16H2,1-3H3. The van der Waals surface area contributed by atoms with Crippen molar-refractivity contribution >= 4 is 0 Å². The fourth-order valence-electron chi connectivity index (χ4n) is 2.04. The van der Waals surface area contributed by atoms with E-state index in [4.69, 9.17) is 10.5 Å². The third-order valence-corrected chi connectivity index (χ3v) is 3.70. The first-order valence-corrected chi connectivity index (χ1v) is 6.56. The van der Waals surface area contributed by atoms with E-state index in [-0.39, 0.29) is 12.0 Å². The van der Waals surface area contributed by atoms with E-state index in [2.05, 4.69) is 0 Å². The molecule has 3 N–H and O–H groups in total. The van der Waals surface area contributed by atoms with Crippen LogP contribution in [0.1, 0.15) is 39.2 Å².